The Morgan fingerprint density at radius 3 is 2.24 bits per heavy atom. The number of aryl methyl sites for hydroxylation is 1. The van der Waals surface area contributed by atoms with Crippen molar-refractivity contribution in [3.8, 4) is 22.4 Å². The molecule has 0 aliphatic carbocycles. The summed E-state index contributed by atoms with van der Waals surface area (Å²) in [6.07, 6.45) is 6.95. The van der Waals surface area contributed by atoms with Gasteiger partial charge in [0.25, 0.3) is 0 Å². The molecule has 1 unspecified atom stereocenters. The van der Waals surface area contributed by atoms with Crippen LogP contribution in [0.3, 0.4) is 0 Å². The molecular weight excluding hydrogens is 408 g/mol. The highest BCUT2D eigenvalue weighted by Crippen LogP contribution is 2.25. The van der Waals surface area contributed by atoms with Crippen molar-refractivity contribution in [3.63, 3.8) is 0 Å². The molecule has 0 bridgehead atoms. The van der Waals surface area contributed by atoms with E-state index in [1.54, 1.807) is 6.20 Å². The summed E-state index contributed by atoms with van der Waals surface area (Å²) in [5, 5.41) is 8.47. The summed E-state index contributed by atoms with van der Waals surface area (Å²) in [4.78, 5) is 15.3. The zero-order valence-electron chi connectivity index (χ0n) is 18.7. The summed E-state index contributed by atoms with van der Waals surface area (Å²) in [5.74, 6) is 0. The lowest BCUT2D eigenvalue weighted by Crippen LogP contribution is -2.46. The van der Waals surface area contributed by atoms with Gasteiger partial charge in [-0.05, 0) is 48.8 Å². The molecule has 1 aliphatic rings. The van der Waals surface area contributed by atoms with Crippen molar-refractivity contribution >= 4 is 6.03 Å². The Hall–Kier alpha value is -3.73. The molecule has 0 radical (unpaired) electrons. The molecule has 3 aromatic carbocycles. The predicted octanol–water partition coefficient (Wildman–Crippen LogP) is 6.07. The van der Waals surface area contributed by atoms with Crippen LogP contribution in [0.1, 0.15) is 31.2 Å². The third-order valence-corrected chi connectivity index (χ3v) is 6.46. The summed E-state index contributed by atoms with van der Waals surface area (Å²) in [5.41, 5.74) is 5.30. The molecule has 166 valence electrons. The monoisotopic (exact) mass is 436 g/mol. The van der Waals surface area contributed by atoms with Gasteiger partial charge in [-0.2, -0.15) is 4.68 Å². The molecule has 4 aromatic rings. The molecule has 0 saturated carbocycles. The molecule has 1 saturated heterocycles. The van der Waals surface area contributed by atoms with Crippen LogP contribution in [-0.2, 0) is 6.42 Å². The number of rotatable bonds is 5. The Labute approximate surface area is 194 Å². The molecule has 1 amide bonds. The second kappa shape index (κ2) is 9.82. The minimum Gasteiger partial charge on any atom is -0.320 e. The molecule has 5 heteroatoms. The number of amides is 1. The maximum Gasteiger partial charge on any atom is 0.346 e. The SMILES string of the molecule is O=C(N1CCCCC1CCc1ccccc1)n1cc(-c2ccc(-c3ccccc3)cc2)nn1. The van der Waals surface area contributed by atoms with E-state index in [2.05, 4.69) is 58.8 Å². The molecule has 33 heavy (non-hydrogen) atoms. The molecular formula is C28H28N4O. The number of piperidine rings is 1. The van der Waals surface area contributed by atoms with Crippen molar-refractivity contribution < 1.29 is 4.79 Å². The molecule has 5 nitrogen and oxygen atoms in total. The first-order chi connectivity index (χ1) is 16.3. The van der Waals surface area contributed by atoms with Crippen LogP contribution in [0.4, 0.5) is 4.79 Å². The fourth-order valence-electron chi connectivity index (χ4n) is 4.62. The minimum atomic E-state index is -0.0765. The smallest absolute Gasteiger partial charge is 0.320 e. The topological polar surface area (TPSA) is 51.0 Å². The van der Waals surface area contributed by atoms with E-state index in [0.717, 1.165) is 43.4 Å². The summed E-state index contributed by atoms with van der Waals surface area (Å²) in [7, 11) is 0. The number of benzene rings is 3. The Morgan fingerprint density at radius 2 is 1.48 bits per heavy atom. The Morgan fingerprint density at radius 1 is 0.818 bits per heavy atom. The van der Waals surface area contributed by atoms with E-state index < -0.39 is 0 Å². The van der Waals surface area contributed by atoms with E-state index in [1.165, 1.54) is 22.2 Å². The van der Waals surface area contributed by atoms with Gasteiger partial charge in [0.15, 0.2) is 0 Å². The van der Waals surface area contributed by atoms with E-state index >= 15 is 0 Å². The summed E-state index contributed by atoms with van der Waals surface area (Å²) < 4.78 is 1.40. The summed E-state index contributed by atoms with van der Waals surface area (Å²) >= 11 is 0. The third-order valence-electron chi connectivity index (χ3n) is 6.46. The molecule has 1 atom stereocenters. The Balaban J connectivity index is 1.28. The van der Waals surface area contributed by atoms with Crippen LogP contribution in [0.15, 0.2) is 91.1 Å². The predicted molar refractivity (Wildman–Crippen MR) is 131 cm³/mol. The van der Waals surface area contributed by atoms with Crippen LogP contribution in [0, 0.1) is 0 Å². The number of hydrogen-bond acceptors (Lipinski definition) is 3. The fourth-order valence-corrected chi connectivity index (χ4v) is 4.62. The lowest BCUT2D eigenvalue weighted by atomic mass is 9.96. The summed E-state index contributed by atoms with van der Waals surface area (Å²) in [6.45, 7) is 0.777. The zero-order chi connectivity index (χ0) is 22.5. The van der Waals surface area contributed by atoms with Crippen LogP contribution in [0.25, 0.3) is 22.4 Å². The third kappa shape index (κ3) is 4.87. The molecule has 5 rings (SSSR count). The quantitative estimate of drug-likeness (QED) is 0.382. The number of carbonyl (C=O) groups excluding carboxylic acids is 1. The van der Waals surface area contributed by atoms with E-state index in [0.29, 0.717) is 5.69 Å². The molecule has 0 N–H and O–H groups in total. The van der Waals surface area contributed by atoms with Gasteiger partial charge >= 0.3 is 6.03 Å². The highest BCUT2D eigenvalue weighted by atomic mass is 16.2. The molecule has 1 aromatic heterocycles. The van der Waals surface area contributed by atoms with E-state index in [9.17, 15) is 4.79 Å². The van der Waals surface area contributed by atoms with Crippen molar-refractivity contribution in [1.29, 1.82) is 0 Å². The maximum absolute atomic E-state index is 13.3. The van der Waals surface area contributed by atoms with Gasteiger partial charge < -0.3 is 4.90 Å². The van der Waals surface area contributed by atoms with Gasteiger partial charge in [0, 0.05) is 18.2 Å². The lowest BCUT2D eigenvalue weighted by molar-refractivity contribution is 0.145. The number of nitrogens with zero attached hydrogens (tertiary/aromatic N) is 4. The van der Waals surface area contributed by atoms with Gasteiger partial charge in [-0.1, -0.05) is 90.1 Å². The van der Waals surface area contributed by atoms with Crippen molar-refractivity contribution in [1.82, 2.24) is 19.9 Å². The number of aromatic nitrogens is 3. The highest BCUT2D eigenvalue weighted by Gasteiger charge is 2.28. The van der Waals surface area contributed by atoms with Crippen LogP contribution in [0.5, 0.6) is 0 Å². The van der Waals surface area contributed by atoms with Crippen LogP contribution >= 0.6 is 0 Å². The summed E-state index contributed by atoms with van der Waals surface area (Å²) in [6, 6.07) is 29.2. The van der Waals surface area contributed by atoms with Gasteiger partial charge in [0.2, 0.25) is 0 Å². The van der Waals surface area contributed by atoms with E-state index in [4.69, 9.17) is 0 Å². The largest absolute Gasteiger partial charge is 0.346 e. The Bertz CT molecular complexity index is 1190. The second-order valence-corrected chi connectivity index (χ2v) is 8.64. The van der Waals surface area contributed by atoms with Crippen molar-refractivity contribution in [2.45, 2.75) is 38.1 Å². The first-order valence-electron chi connectivity index (χ1n) is 11.7. The van der Waals surface area contributed by atoms with Crippen LogP contribution < -0.4 is 0 Å². The van der Waals surface area contributed by atoms with Gasteiger partial charge in [0.05, 0.1) is 6.20 Å². The Kier molecular flexibility index (Phi) is 6.29. The molecule has 0 spiro atoms. The average Bonchev–Trinajstić information content (AvgIpc) is 3.39. The van der Waals surface area contributed by atoms with Crippen LogP contribution in [-0.4, -0.2) is 38.5 Å². The van der Waals surface area contributed by atoms with Gasteiger partial charge in [0.1, 0.15) is 5.69 Å². The molecule has 2 heterocycles. The highest BCUT2D eigenvalue weighted by molar-refractivity contribution is 5.77. The maximum atomic E-state index is 13.3. The van der Waals surface area contributed by atoms with E-state index in [1.807, 2.05) is 41.3 Å². The molecule has 1 aliphatic heterocycles. The van der Waals surface area contributed by atoms with Gasteiger partial charge in [-0.3, -0.25) is 0 Å². The average molecular weight is 437 g/mol. The number of likely N-dealkylation sites (tertiary alicyclic amines) is 1. The zero-order valence-corrected chi connectivity index (χ0v) is 18.7. The minimum absolute atomic E-state index is 0.0765. The van der Waals surface area contributed by atoms with Gasteiger partial charge in [-0.25, -0.2) is 4.79 Å². The van der Waals surface area contributed by atoms with E-state index in [-0.39, 0.29) is 12.1 Å². The van der Waals surface area contributed by atoms with Crippen molar-refractivity contribution in [2.75, 3.05) is 6.54 Å². The number of hydrogen-bond donors (Lipinski definition) is 0. The van der Waals surface area contributed by atoms with Crippen LogP contribution in [0.2, 0.25) is 0 Å². The van der Waals surface area contributed by atoms with Crippen molar-refractivity contribution in [3.05, 3.63) is 96.7 Å². The normalized spacial score (nSPS) is 16.0. The molecule has 1 fully saturated rings. The fraction of sp³-hybridized carbons (Fsp3) is 0.250. The first-order valence-corrected chi connectivity index (χ1v) is 11.7. The second-order valence-electron chi connectivity index (χ2n) is 8.64. The van der Waals surface area contributed by atoms with Crippen molar-refractivity contribution in [2.24, 2.45) is 0 Å². The van der Waals surface area contributed by atoms with Gasteiger partial charge in [-0.15, -0.1) is 5.10 Å². The lowest BCUT2D eigenvalue weighted by Gasteiger charge is -2.35. The standard InChI is InChI=1S/C28H28N4O/c33-28(31-20-8-7-13-26(31)19-14-22-9-3-1-4-10-22)32-21-27(29-30-32)25-17-15-24(16-18-25)23-11-5-2-6-12-23/h1-6,9-12,15-18,21,26H,7-8,13-14,19-20H2. The number of carbonyl (C=O) groups is 1. The first kappa shape index (κ1) is 21.1.